The molecule has 0 unspecified atom stereocenters. The Hall–Kier alpha value is -2.95. The molecule has 0 bridgehead atoms. The first kappa shape index (κ1) is 22.7. The molecule has 3 rings (SSSR count). The minimum absolute atomic E-state index is 0.0930. The quantitative estimate of drug-likeness (QED) is 0.674. The van der Waals surface area contributed by atoms with Crippen LogP contribution in [0.4, 0.5) is 5.69 Å². The third-order valence-corrected chi connectivity index (χ3v) is 6.84. The monoisotopic (exact) mass is 448 g/mol. The van der Waals surface area contributed by atoms with E-state index in [0.717, 1.165) is 5.56 Å². The summed E-state index contributed by atoms with van der Waals surface area (Å²) in [4.78, 5) is 24.6. The standard InChI is InChI=1S/C21H24N2O7S/c1-14-4-5-16(21(25)29-3)12-17(14)22-20(24)15-6-7-18(28-2)19(13-15)31(26,27)23-8-10-30-11-9-23/h4-7,12-13H,8-11H2,1-3H3,(H,22,24). The molecule has 2 aromatic carbocycles. The summed E-state index contributed by atoms with van der Waals surface area (Å²) in [6, 6.07) is 9.00. The topological polar surface area (TPSA) is 111 Å². The van der Waals surface area contributed by atoms with Gasteiger partial charge in [0.2, 0.25) is 10.0 Å². The van der Waals surface area contributed by atoms with E-state index in [2.05, 4.69) is 5.32 Å². The Labute approximate surface area is 181 Å². The fourth-order valence-corrected chi connectivity index (χ4v) is 4.73. The highest BCUT2D eigenvalue weighted by Gasteiger charge is 2.30. The van der Waals surface area contributed by atoms with E-state index in [0.29, 0.717) is 18.9 Å². The van der Waals surface area contributed by atoms with Gasteiger partial charge in [-0.15, -0.1) is 0 Å². The third-order valence-electron chi connectivity index (χ3n) is 4.92. The first-order valence-electron chi connectivity index (χ1n) is 9.54. The average Bonchev–Trinajstić information content (AvgIpc) is 2.80. The normalized spacial score (nSPS) is 14.7. The van der Waals surface area contributed by atoms with Gasteiger partial charge in [-0.25, -0.2) is 13.2 Å². The van der Waals surface area contributed by atoms with Crippen LogP contribution in [0.3, 0.4) is 0 Å². The van der Waals surface area contributed by atoms with Gasteiger partial charge in [-0.3, -0.25) is 4.79 Å². The molecule has 1 heterocycles. The van der Waals surface area contributed by atoms with Crippen molar-refractivity contribution in [2.45, 2.75) is 11.8 Å². The van der Waals surface area contributed by atoms with E-state index >= 15 is 0 Å². The van der Waals surface area contributed by atoms with Gasteiger partial charge in [-0.05, 0) is 42.8 Å². The van der Waals surface area contributed by atoms with Gasteiger partial charge >= 0.3 is 5.97 Å². The molecule has 0 aliphatic carbocycles. The van der Waals surface area contributed by atoms with Gasteiger partial charge in [0.05, 0.1) is 33.0 Å². The molecule has 0 spiro atoms. The maximum absolute atomic E-state index is 13.1. The highest BCUT2D eigenvalue weighted by Crippen LogP contribution is 2.29. The Morgan fingerprint density at radius 3 is 2.35 bits per heavy atom. The second kappa shape index (κ2) is 9.46. The number of hydrogen-bond acceptors (Lipinski definition) is 7. The first-order chi connectivity index (χ1) is 14.8. The third kappa shape index (κ3) is 4.87. The molecule has 2 aromatic rings. The number of methoxy groups -OCH3 is 2. The minimum Gasteiger partial charge on any atom is -0.495 e. The molecule has 1 amide bonds. The van der Waals surface area contributed by atoms with Gasteiger partial charge in [0.1, 0.15) is 10.6 Å². The lowest BCUT2D eigenvalue weighted by molar-refractivity contribution is 0.0600. The molecule has 31 heavy (non-hydrogen) atoms. The smallest absolute Gasteiger partial charge is 0.337 e. The highest BCUT2D eigenvalue weighted by molar-refractivity contribution is 7.89. The lowest BCUT2D eigenvalue weighted by Gasteiger charge is -2.26. The predicted molar refractivity (Wildman–Crippen MR) is 113 cm³/mol. The number of benzene rings is 2. The number of ether oxygens (including phenoxy) is 3. The van der Waals surface area contributed by atoms with Gasteiger partial charge < -0.3 is 19.5 Å². The summed E-state index contributed by atoms with van der Waals surface area (Å²) in [5.74, 6) is -0.906. The summed E-state index contributed by atoms with van der Waals surface area (Å²) < 4.78 is 42.7. The SMILES string of the molecule is COC(=O)c1ccc(C)c(NC(=O)c2ccc(OC)c(S(=O)(=O)N3CCOCC3)c2)c1. The number of morpholine rings is 1. The van der Waals surface area contributed by atoms with Crippen LogP contribution in [0.1, 0.15) is 26.3 Å². The van der Waals surface area contributed by atoms with E-state index in [-0.39, 0.29) is 34.9 Å². The zero-order valence-corrected chi connectivity index (χ0v) is 18.3. The summed E-state index contributed by atoms with van der Waals surface area (Å²) in [6.45, 7) is 2.83. The number of sulfonamides is 1. The molecule has 1 saturated heterocycles. The number of amides is 1. The lowest BCUT2D eigenvalue weighted by Crippen LogP contribution is -2.40. The minimum atomic E-state index is -3.88. The zero-order valence-electron chi connectivity index (χ0n) is 17.5. The van der Waals surface area contributed by atoms with E-state index < -0.39 is 21.9 Å². The lowest BCUT2D eigenvalue weighted by atomic mass is 10.1. The molecule has 166 valence electrons. The Morgan fingerprint density at radius 1 is 1.03 bits per heavy atom. The van der Waals surface area contributed by atoms with E-state index in [9.17, 15) is 18.0 Å². The molecule has 0 atom stereocenters. The van der Waals surface area contributed by atoms with Gasteiger partial charge in [0.15, 0.2) is 0 Å². The van der Waals surface area contributed by atoms with Crippen LogP contribution in [0, 0.1) is 6.92 Å². The second-order valence-corrected chi connectivity index (χ2v) is 8.76. The number of esters is 1. The Kier molecular flexibility index (Phi) is 6.94. The van der Waals surface area contributed by atoms with E-state index in [4.69, 9.17) is 14.2 Å². The van der Waals surface area contributed by atoms with Crippen molar-refractivity contribution in [2.75, 3.05) is 45.8 Å². The number of anilines is 1. The number of carbonyl (C=O) groups is 2. The van der Waals surface area contributed by atoms with E-state index in [1.54, 1.807) is 19.1 Å². The van der Waals surface area contributed by atoms with Crippen LogP contribution in [0.5, 0.6) is 5.75 Å². The van der Waals surface area contributed by atoms with Crippen LogP contribution in [0.15, 0.2) is 41.3 Å². The number of aryl methyl sites for hydroxylation is 1. The van der Waals surface area contributed by atoms with Crippen molar-refractivity contribution in [3.05, 3.63) is 53.1 Å². The molecule has 1 aliphatic heterocycles. The van der Waals surface area contributed by atoms with Crippen LogP contribution < -0.4 is 10.1 Å². The van der Waals surface area contributed by atoms with Crippen molar-refractivity contribution in [1.82, 2.24) is 4.31 Å². The largest absolute Gasteiger partial charge is 0.495 e. The van der Waals surface area contributed by atoms with Gasteiger partial charge in [-0.1, -0.05) is 6.07 Å². The summed E-state index contributed by atoms with van der Waals surface area (Å²) in [7, 11) is -1.23. The molecule has 0 radical (unpaired) electrons. The first-order valence-corrected chi connectivity index (χ1v) is 11.0. The summed E-state index contributed by atoms with van der Waals surface area (Å²) in [5, 5.41) is 2.73. The fraction of sp³-hybridized carbons (Fsp3) is 0.333. The molecule has 0 aromatic heterocycles. The van der Waals surface area contributed by atoms with Crippen molar-refractivity contribution >= 4 is 27.6 Å². The summed E-state index contributed by atoms with van der Waals surface area (Å²) >= 11 is 0. The van der Waals surface area contributed by atoms with Gasteiger partial charge in [0.25, 0.3) is 5.91 Å². The molecular formula is C21H24N2O7S. The maximum Gasteiger partial charge on any atom is 0.337 e. The highest BCUT2D eigenvalue weighted by atomic mass is 32.2. The number of carbonyl (C=O) groups excluding carboxylic acids is 2. The van der Waals surface area contributed by atoms with Crippen molar-refractivity contribution in [2.24, 2.45) is 0 Å². The number of hydrogen-bond donors (Lipinski definition) is 1. The molecule has 9 nitrogen and oxygen atoms in total. The van der Waals surface area contributed by atoms with Crippen LogP contribution in [0.25, 0.3) is 0 Å². The van der Waals surface area contributed by atoms with Crippen LogP contribution >= 0.6 is 0 Å². The molecule has 1 aliphatic rings. The molecule has 1 N–H and O–H groups in total. The van der Waals surface area contributed by atoms with Crippen molar-refractivity contribution in [3.63, 3.8) is 0 Å². The molecule has 1 fully saturated rings. The number of rotatable bonds is 6. The molecule has 10 heteroatoms. The molecule has 0 saturated carbocycles. The Morgan fingerprint density at radius 2 is 1.71 bits per heavy atom. The van der Waals surface area contributed by atoms with Crippen molar-refractivity contribution in [3.8, 4) is 5.75 Å². The number of nitrogens with zero attached hydrogens (tertiary/aromatic N) is 1. The Bertz CT molecular complexity index is 1090. The van der Waals surface area contributed by atoms with E-state index in [1.807, 2.05) is 0 Å². The van der Waals surface area contributed by atoms with Gasteiger partial charge in [-0.2, -0.15) is 4.31 Å². The van der Waals surface area contributed by atoms with Crippen molar-refractivity contribution < 1.29 is 32.2 Å². The summed E-state index contributed by atoms with van der Waals surface area (Å²) in [5.41, 5.74) is 1.57. The fourth-order valence-electron chi connectivity index (χ4n) is 3.14. The zero-order chi connectivity index (χ0) is 22.6. The van der Waals surface area contributed by atoms with Crippen LogP contribution in [0.2, 0.25) is 0 Å². The van der Waals surface area contributed by atoms with Crippen LogP contribution in [-0.2, 0) is 19.5 Å². The maximum atomic E-state index is 13.1. The number of nitrogens with one attached hydrogen (secondary N) is 1. The van der Waals surface area contributed by atoms with E-state index in [1.165, 1.54) is 42.8 Å². The summed E-state index contributed by atoms with van der Waals surface area (Å²) in [6.07, 6.45) is 0. The average molecular weight is 448 g/mol. The second-order valence-electron chi connectivity index (χ2n) is 6.86. The Balaban J connectivity index is 1.93. The predicted octanol–water partition coefficient (Wildman–Crippen LogP) is 2.06. The van der Waals surface area contributed by atoms with Crippen LogP contribution in [-0.4, -0.2) is 65.1 Å². The van der Waals surface area contributed by atoms with Crippen molar-refractivity contribution in [1.29, 1.82) is 0 Å². The van der Waals surface area contributed by atoms with Gasteiger partial charge in [0, 0.05) is 24.3 Å². The molecular weight excluding hydrogens is 424 g/mol.